The van der Waals surface area contributed by atoms with Crippen LogP contribution in [0, 0.1) is 6.92 Å². The Labute approximate surface area is 225 Å². The fourth-order valence-electron chi connectivity index (χ4n) is 4.72. The number of methoxy groups -OCH3 is 1. The second-order valence-electron chi connectivity index (χ2n) is 9.58. The van der Waals surface area contributed by atoms with Crippen LogP contribution in [0.3, 0.4) is 0 Å². The number of carbonyl (C=O) groups excluding carboxylic acids is 2. The molecule has 0 radical (unpaired) electrons. The summed E-state index contributed by atoms with van der Waals surface area (Å²) in [7, 11) is 1.33. The Morgan fingerprint density at radius 1 is 0.842 bits per heavy atom. The van der Waals surface area contributed by atoms with Crippen LogP contribution in [-0.2, 0) is 4.74 Å². The summed E-state index contributed by atoms with van der Waals surface area (Å²) in [5.41, 5.74) is 3.88. The molecule has 3 aromatic rings. The third-order valence-electron chi connectivity index (χ3n) is 6.91. The largest absolute Gasteiger partial charge is 0.492 e. The highest BCUT2D eigenvalue weighted by Crippen LogP contribution is 2.27. The van der Waals surface area contributed by atoms with Gasteiger partial charge in [0.25, 0.3) is 5.91 Å². The molecule has 7 nitrogen and oxygen atoms in total. The summed E-state index contributed by atoms with van der Waals surface area (Å²) < 4.78 is 11.0. The minimum atomic E-state index is -0.510. The number of carbonyl (C=O) groups is 2. The number of ether oxygens (including phenoxy) is 2. The molecule has 7 heteroatoms. The number of aryl methyl sites for hydroxylation is 1. The van der Waals surface area contributed by atoms with E-state index in [1.54, 1.807) is 18.2 Å². The number of hydrogen-bond acceptors (Lipinski definition) is 6. The van der Waals surface area contributed by atoms with Gasteiger partial charge < -0.3 is 19.7 Å². The van der Waals surface area contributed by atoms with Gasteiger partial charge in [-0.25, -0.2) is 4.79 Å². The van der Waals surface area contributed by atoms with E-state index in [1.807, 2.05) is 55.5 Å². The fourth-order valence-corrected chi connectivity index (χ4v) is 4.72. The first-order valence-corrected chi connectivity index (χ1v) is 13.3. The number of anilines is 1. The first kappa shape index (κ1) is 27.4. The summed E-state index contributed by atoms with van der Waals surface area (Å²) in [6.07, 6.45) is 1.19. The lowest BCUT2D eigenvalue weighted by Crippen LogP contribution is -2.47. The number of amides is 1. The van der Waals surface area contributed by atoms with E-state index in [1.165, 1.54) is 13.5 Å². The Morgan fingerprint density at radius 2 is 1.55 bits per heavy atom. The van der Waals surface area contributed by atoms with Gasteiger partial charge in [0.05, 0.1) is 18.4 Å². The van der Waals surface area contributed by atoms with E-state index in [0.29, 0.717) is 29.2 Å². The molecule has 38 heavy (non-hydrogen) atoms. The van der Waals surface area contributed by atoms with Gasteiger partial charge in [-0.05, 0) is 60.8 Å². The van der Waals surface area contributed by atoms with E-state index in [4.69, 9.17) is 9.47 Å². The maximum Gasteiger partial charge on any atom is 0.339 e. The van der Waals surface area contributed by atoms with Crippen molar-refractivity contribution < 1.29 is 19.1 Å². The van der Waals surface area contributed by atoms with Crippen molar-refractivity contribution >= 4 is 17.6 Å². The Hall–Kier alpha value is -3.68. The number of piperazine rings is 1. The van der Waals surface area contributed by atoms with Crippen molar-refractivity contribution in [2.75, 3.05) is 58.3 Å². The molecule has 1 fully saturated rings. The molecular weight excluding hydrogens is 478 g/mol. The number of rotatable bonds is 10. The van der Waals surface area contributed by atoms with E-state index in [-0.39, 0.29) is 5.91 Å². The zero-order chi connectivity index (χ0) is 26.9. The van der Waals surface area contributed by atoms with Crippen molar-refractivity contribution in [1.82, 2.24) is 9.80 Å². The lowest BCUT2D eigenvalue weighted by molar-refractivity contribution is 0.0602. The molecule has 0 bridgehead atoms. The number of benzene rings is 3. The van der Waals surface area contributed by atoms with E-state index in [2.05, 4.69) is 22.0 Å². The molecule has 1 saturated heterocycles. The Morgan fingerprint density at radius 3 is 2.24 bits per heavy atom. The number of nitrogens with one attached hydrogen (secondary N) is 1. The molecule has 200 valence electrons. The van der Waals surface area contributed by atoms with Gasteiger partial charge in [0.15, 0.2) is 0 Å². The van der Waals surface area contributed by atoms with Crippen LogP contribution in [0.5, 0.6) is 5.75 Å². The summed E-state index contributed by atoms with van der Waals surface area (Å²) in [5.74, 6) is -0.170. The van der Waals surface area contributed by atoms with Crippen molar-refractivity contribution in [2.24, 2.45) is 0 Å². The van der Waals surface area contributed by atoms with Crippen molar-refractivity contribution in [3.05, 3.63) is 83.4 Å². The average Bonchev–Trinajstić information content (AvgIpc) is 2.95. The van der Waals surface area contributed by atoms with Crippen LogP contribution in [0.4, 0.5) is 5.69 Å². The normalized spacial score (nSPS) is 14.2. The van der Waals surface area contributed by atoms with Crippen molar-refractivity contribution in [3.8, 4) is 16.9 Å². The van der Waals surface area contributed by atoms with Crippen LogP contribution >= 0.6 is 0 Å². The van der Waals surface area contributed by atoms with Gasteiger partial charge in [0.1, 0.15) is 12.4 Å². The average molecular weight is 516 g/mol. The summed E-state index contributed by atoms with van der Waals surface area (Å²) in [6, 6.07) is 20.7. The van der Waals surface area contributed by atoms with Crippen LogP contribution in [0.15, 0.2) is 66.7 Å². The van der Waals surface area contributed by atoms with E-state index in [0.717, 1.165) is 56.0 Å². The van der Waals surface area contributed by atoms with Gasteiger partial charge in [-0.2, -0.15) is 0 Å². The highest BCUT2D eigenvalue weighted by Gasteiger charge is 2.19. The Bertz CT molecular complexity index is 1240. The monoisotopic (exact) mass is 515 g/mol. The molecule has 1 aliphatic heterocycles. The molecule has 0 aliphatic carbocycles. The molecule has 0 saturated carbocycles. The van der Waals surface area contributed by atoms with E-state index >= 15 is 0 Å². The number of esters is 1. The molecule has 0 spiro atoms. The standard InChI is InChI=1S/C31H37N3O4/c1-4-14-33-15-17-34(18-16-33)19-20-38-26-12-10-23(2)28(22-26)30(35)32-29-21-25(24-8-6-5-7-9-24)11-13-27(29)31(36)37-3/h5-13,21-22H,4,14-20H2,1-3H3,(H,32,35). The highest BCUT2D eigenvalue weighted by molar-refractivity contribution is 6.09. The van der Waals surface area contributed by atoms with Crippen LogP contribution < -0.4 is 10.1 Å². The third kappa shape index (κ3) is 7.00. The van der Waals surface area contributed by atoms with E-state index < -0.39 is 5.97 Å². The summed E-state index contributed by atoms with van der Waals surface area (Å²) in [4.78, 5) is 30.7. The van der Waals surface area contributed by atoms with Crippen LogP contribution in [0.25, 0.3) is 11.1 Å². The lowest BCUT2D eigenvalue weighted by Gasteiger charge is -2.34. The van der Waals surface area contributed by atoms with Crippen LogP contribution in [0.1, 0.15) is 39.6 Å². The summed E-state index contributed by atoms with van der Waals surface area (Å²) in [6.45, 7) is 11.0. The predicted molar refractivity (Wildman–Crippen MR) is 151 cm³/mol. The van der Waals surface area contributed by atoms with Gasteiger partial charge in [-0.15, -0.1) is 0 Å². The second-order valence-corrected chi connectivity index (χ2v) is 9.58. The van der Waals surface area contributed by atoms with Crippen molar-refractivity contribution in [3.63, 3.8) is 0 Å². The van der Waals surface area contributed by atoms with Crippen LogP contribution in [0.2, 0.25) is 0 Å². The van der Waals surface area contributed by atoms with Crippen molar-refractivity contribution in [2.45, 2.75) is 20.3 Å². The maximum atomic E-state index is 13.4. The Balaban J connectivity index is 1.44. The molecule has 3 aromatic carbocycles. The Kier molecular flexibility index (Phi) is 9.51. The first-order valence-electron chi connectivity index (χ1n) is 13.3. The number of nitrogens with zero attached hydrogens (tertiary/aromatic N) is 2. The summed E-state index contributed by atoms with van der Waals surface area (Å²) >= 11 is 0. The molecule has 0 atom stereocenters. The molecule has 1 aliphatic rings. The van der Waals surface area contributed by atoms with Crippen molar-refractivity contribution in [1.29, 1.82) is 0 Å². The molecule has 1 amide bonds. The zero-order valence-electron chi connectivity index (χ0n) is 22.5. The van der Waals surface area contributed by atoms with Crippen LogP contribution in [-0.4, -0.2) is 74.7 Å². The molecule has 0 unspecified atom stereocenters. The molecule has 0 aromatic heterocycles. The topological polar surface area (TPSA) is 71.1 Å². The van der Waals surface area contributed by atoms with Gasteiger partial charge in [-0.1, -0.05) is 49.4 Å². The predicted octanol–water partition coefficient (Wildman–Crippen LogP) is 5.11. The van der Waals surface area contributed by atoms with E-state index in [9.17, 15) is 9.59 Å². The fraction of sp³-hybridized carbons (Fsp3) is 0.355. The van der Waals surface area contributed by atoms with Gasteiger partial charge in [0.2, 0.25) is 0 Å². The smallest absolute Gasteiger partial charge is 0.339 e. The minimum Gasteiger partial charge on any atom is -0.492 e. The lowest BCUT2D eigenvalue weighted by atomic mass is 10.0. The van der Waals surface area contributed by atoms with Gasteiger partial charge >= 0.3 is 5.97 Å². The zero-order valence-corrected chi connectivity index (χ0v) is 22.5. The SMILES string of the molecule is CCCN1CCN(CCOc2ccc(C)c(C(=O)Nc3cc(-c4ccccc4)ccc3C(=O)OC)c2)CC1. The molecule has 1 N–H and O–H groups in total. The minimum absolute atomic E-state index is 0.296. The maximum absolute atomic E-state index is 13.4. The molecule has 4 rings (SSSR count). The number of hydrogen-bond donors (Lipinski definition) is 1. The molecule has 1 heterocycles. The summed E-state index contributed by atoms with van der Waals surface area (Å²) in [5, 5.41) is 2.93. The van der Waals surface area contributed by atoms with Gasteiger partial charge in [-0.3, -0.25) is 9.69 Å². The van der Waals surface area contributed by atoms with Gasteiger partial charge in [0, 0.05) is 38.3 Å². The quantitative estimate of drug-likeness (QED) is 0.379. The molecular formula is C31H37N3O4. The third-order valence-corrected chi connectivity index (χ3v) is 6.91. The highest BCUT2D eigenvalue weighted by atomic mass is 16.5. The first-order chi connectivity index (χ1) is 18.5. The second kappa shape index (κ2) is 13.2.